The summed E-state index contributed by atoms with van der Waals surface area (Å²) in [4.78, 5) is 19.6. The molecule has 2 aliphatic carbocycles. The maximum Gasteiger partial charge on any atom is 0.224 e. The van der Waals surface area contributed by atoms with Gasteiger partial charge in [0.05, 0.1) is 10.4 Å². The molecule has 1 aromatic heterocycles. The van der Waals surface area contributed by atoms with Gasteiger partial charge in [-0.15, -0.1) is 0 Å². The standard InChI is InChI=1S/C12H12BrClN4O/c13-7-4-16-12(14)18-11(7)17-9-6-2-1-5(3-6)8(9)10(15)19/h1-2,4-6,8-9H,3H2,(H2,15,19)(H,16,17,18). The van der Waals surface area contributed by atoms with E-state index in [1.165, 1.54) is 0 Å². The van der Waals surface area contributed by atoms with Crippen molar-refractivity contribution in [1.82, 2.24) is 9.97 Å². The van der Waals surface area contributed by atoms with Gasteiger partial charge in [-0.25, -0.2) is 4.98 Å². The molecule has 2 aliphatic rings. The molecule has 1 saturated carbocycles. The highest BCUT2D eigenvalue weighted by Gasteiger charge is 2.47. The van der Waals surface area contributed by atoms with Gasteiger partial charge >= 0.3 is 0 Å². The number of amides is 1. The molecule has 1 amide bonds. The number of anilines is 1. The zero-order chi connectivity index (χ0) is 13.6. The van der Waals surface area contributed by atoms with Crippen LogP contribution in [0.5, 0.6) is 0 Å². The lowest BCUT2D eigenvalue weighted by molar-refractivity contribution is -0.122. The molecule has 0 saturated heterocycles. The summed E-state index contributed by atoms with van der Waals surface area (Å²) in [6.45, 7) is 0. The van der Waals surface area contributed by atoms with Gasteiger partial charge < -0.3 is 11.1 Å². The van der Waals surface area contributed by atoms with Crippen molar-refractivity contribution in [2.45, 2.75) is 12.5 Å². The van der Waals surface area contributed by atoms with E-state index in [9.17, 15) is 4.79 Å². The van der Waals surface area contributed by atoms with Crippen LogP contribution in [0.4, 0.5) is 5.82 Å². The Labute approximate surface area is 123 Å². The van der Waals surface area contributed by atoms with Gasteiger partial charge in [0.1, 0.15) is 5.82 Å². The molecule has 2 bridgehead atoms. The summed E-state index contributed by atoms with van der Waals surface area (Å²) in [5, 5.41) is 3.44. The largest absolute Gasteiger partial charge is 0.369 e. The maximum absolute atomic E-state index is 11.6. The summed E-state index contributed by atoms with van der Waals surface area (Å²) in [6.07, 6.45) is 6.76. The average molecular weight is 344 g/mol. The minimum Gasteiger partial charge on any atom is -0.369 e. The van der Waals surface area contributed by atoms with Gasteiger partial charge in [0, 0.05) is 12.2 Å². The smallest absolute Gasteiger partial charge is 0.224 e. The van der Waals surface area contributed by atoms with Crippen LogP contribution in [0.1, 0.15) is 6.42 Å². The van der Waals surface area contributed by atoms with Gasteiger partial charge in [-0.05, 0) is 45.8 Å². The van der Waals surface area contributed by atoms with Crippen molar-refractivity contribution in [1.29, 1.82) is 0 Å². The SMILES string of the molecule is NC(=O)C1C2C=CC(C2)C1Nc1nc(Cl)ncc1Br. The van der Waals surface area contributed by atoms with Gasteiger partial charge in [0.25, 0.3) is 0 Å². The number of carbonyl (C=O) groups is 1. The molecule has 0 aliphatic heterocycles. The molecule has 4 atom stereocenters. The van der Waals surface area contributed by atoms with Crippen LogP contribution in [0.15, 0.2) is 22.8 Å². The lowest BCUT2D eigenvalue weighted by atomic mass is 9.88. The van der Waals surface area contributed by atoms with Gasteiger partial charge in [-0.2, -0.15) is 4.98 Å². The van der Waals surface area contributed by atoms with E-state index >= 15 is 0 Å². The molecule has 4 unspecified atom stereocenters. The van der Waals surface area contributed by atoms with Crippen molar-refractivity contribution in [2.24, 2.45) is 23.5 Å². The number of halogens is 2. The number of aromatic nitrogens is 2. The Morgan fingerprint density at radius 2 is 2.21 bits per heavy atom. The normalized spacial score (nSPS) is 31.7. The fourth-order valence-electron chi connectivity index (χ4n) is 3.01. The van der Waals surface area contributed by atoms with Gasteiger partial charge in [0.2, 0.25) is 11.2 Å². The molecule has 0 aromatic carbocycles. The van der Waals surface area contributed by atoms with E-state index in [0.29, 0.717) is 16.2 Å². The number of nitrogens with two attached hydrogens (primary N) is 1. The number of fused-ring (bicyclic) bond motifs is 2. The van der Waals surface area contributed by atoms with Crippen LogP contribution in [-0.2, 0) is 4.79 Å². The lowest BCUT2D eigenvalue weighted by Crippen LogP contribution is -2.41. The van der Waals surface area contributed by atoms with Crippen molar-refractivity contribution in [3.8, 4) is 0 Å². The fraction of sp³-hybridized carbons (Fsp3) is 0.417. The molecular weight excluding hydrogens is 332 g/mol. The van der Waals surface area contributed by atoms with Crippen molar-refractivity contribution in [3.05, 3.63) is 28.1 Å². The zero-order valence-corrected chi connectivity index (χ0v) is 12.2. The molecular formula is C12H12BrClN4O. The first-order valence-electron chi connectivity index (χ1n) is 5.98. The third-order valence-electron chi connectivity index (χ3n) is 3.81. The Hall–Kier alpha value is -1.14. The van der Waals surface area contributed by atoms with E-state index < -0.39 is 0 Å². The number of rotatable bonds is 3. The minimum atomic E-state index is -0.273. The highest BCUT2D eigenvalue weighted by atomic mass is 79.9. The van der Waals surface area contributed by atoms with Gasteiger partial charge in [-0.3, -0.25) is 4.79 Å². The Morgan fingerprint density at radius 1 is 1.47 bits per heavy atom. The number of hydrogen-bond acceptors (Lipinski definition) is 4. The average Bonchev–Trinajstić information content (AvgIpc) is 2.94. The second kappa shape index (κ2) is 4.76. The maximum atomic E-state index is 11.6. The Kier molecular flexibility index (Phi) is 3.22. The highest BCUT2D eigenvalue weighted by Crippen LogP contribution is 2.45. The van der Waals surface area contributed by atoms with E-state index in [1.54, 1.807) is 6.20 Å². The summed E-state index contributed by atoms with van der Waals surface area (Å²) < 4.78 is 0.715. The highest BCUT2D eigenvalue weighted by molar-refractivity contribution is 9.10. The first-order chi connectivity index (χ1) is 9.06. The topological polar surface area (TPSA) is 80.9 Å². The Morgan fingerprint density at radius 3 is 2.95 bits per heavy atom. The predicted octanol–water partition coefficient (Wildman–Crippen LogP) is 1.98. The zero-order valence-electron chi connectivity index (χ0n) is 9.88. The Bertz CT molecular complexity index is 565. The van der Waals surface area contributed by atoms with Crippen LogP contribution in [0.2, 0.25) is 5.28 Å². The van der Waals surface area contributed by atoms with E-state index in [-0.39, 0.29) is 29.1 Å². The summed E-state index contributed by atoms with van der Waals surface area (Å²) in [6, 6.07) is -0.0326. The molecule has 7 heteroatoms. The van der Waals surface area contributed by atoms with E-state index in [1.807, 2.05) is 0 Å². The molecule has 1 aromatic rings. The fourth-order valence-corrected chi connectivity index (χ4v) is 3.45. The van der Waals surface area contributed by atoms with Crippen LogP contribution < -0.4 is 11.1 Å². The van der Waals surface area contributed by atoms with Crippen molar-refractivity contribution >= 4 is 39.3 Å². The molecule has 1 heterocycles. The number of nitrogens with one attached hydrogen (secondary N) is 1. The van der Waals surface area contributed by atoms with Crippen molar-refractivity contribution in [2.75, 3.05) is 5.32 Å². The number of carbonyl (C=O) groups excluding carboxylic acids is 1. The third kappa shape index (κ3) is 2.23. The van der Waals surface area contributed by atoms with Crippen molar-refractivity contribution < 1.29 is 4.79 Å². The first kappa shape index (κ1) is 12.9. The molecule has 19 heavy (non-hydrogen) atoms. The second-order valence-corrected chi connectivity index (χ2v) is 6.07. The first-order valence-corrected chi connectivity index (χ1v) is 7.15. The molecule has 3 rings (SSSR count). The van der Waals surface area contributed by atoms with Crippen LogP contribution in [0, 0.1) is 17.8 Å². The quantitative estimate of drug-likeness (QED) is 0.649. The van der Waals surface area contributed by atoms with Crippen molar-refractivity contribution in [3.63, 3.8) is 0 Å². The number of nitrogens with zero attached hydrogens (tertiary/aromatic N) is 2. The lowest BCUT2D eigenvalue weighted by Gasteiger charge is -2.27. The molecule has 1 fully saturated rings. The van der Waals surface area contributed by atoms with Crippen LogP contribution in [-0.4, -0.2) is 21.9 Å². The summed E-state index contributed by atoms with van der Waals surface area (Å²) in [5.41, 5.74) is 5.51. The van der Waals surface area contributed by atoms with Gasteiger partial charge in [0.15, 0.2) is 0 Å². The van der Waals surface area contributed by atoms with E-state index in [0.717, 1.165) is 6.42 Å². The molecule has 0 radical (unpaired) electrons. The third-order valence-corrected chi connectivity index (χ3v) is 4.57. The van der Waals surface area contributed by atoms with E-state index in [4.69, 9.17) is 17.3 Å². The summed E-state index contributed by atoms with van der Waals surface area (Å²) in [5.74, 6) is 0.665. The number of hydrogen-bond donors (Lipinski definition) is 2. The molecule has 0 spiro atoms. The number of primary amides is 1. The molecule has 5 nitrogen and oxygen atoms in total. The Balaban J connectivity index is 1.88. The van der Waals surface area contributed by atoms with E-state index in [2.05, 4.69) is 43.4 Å². The molecule has 3 N–H and O–H groups in total. The molecule has 100 valence electrons. The number of allylic oxidation sites excluding steroid dienone is 1. The van der Waals surface area contributed by atoms with Crippen LogP contribution in [0.25, 0.3) is 0 Å². The van der Waals surface area contributed by atoms with Gasteiger partial charge in [-0.1, -0.05) is 12.2 Å². The van der Waals surface area contributed by atoms with Crippen LogP contribution >= 0.6 is 27.5 Å². The monoisotopic (exact) mass is 342 g/mol. The summed E-state index contributed by atoms with van der Waals surface area (Å²) in [7, 11) is 0. The second-order valence-electron chi connectivity index (χ2n) is 4.88. The predicted molar refractivity (Wildman–Crippen MR) is 75.6 cm³/mol. The minimum absolute atomic E-state index is 0.0326. The summed E-state index contributed by atoms with van der Waals surface area (Å²) >= 11 is 9.16. The van der Waals surface area contributed by atoms with Crippen LogP contribution in [0.3, 0.4) is 0 Å².